The van der Waals surface area contributed by atoms with Crippen molar-refractivity contribution in [1.29, 1.82) is 5.26 Å². The fourth-order valence-electron chi connectivity index (χ4n) is 1.39. The third-order valence-electron chi connectivity index (χ3n) is 2.17. The second-order valence-corrected chi connectivity index (χ2v) is 3.31. The van der Waals surface area contributed by atoms with E-state index in [9.17, 15) is 4.79 Å². The van der Waals surface area contributed by atoms with E-state index in [0.29, 0.717) is 16.7 Å². The molecule has 0 unspecified atom stereocenters. The van der Waals surface area contributed by atoms with Crippen molar-refractivity contribution in [1.82, 2.24) is 0 Å². The normalized spacial score (nSPS) is 10.1. The number of benzene rings is 1. The highest BCUT2D eigenvalue weighted by atomic mass is 16.7. The zero-order chi connectivity index (χ0) is 12.3. The van der Waals surface area contributed by atoms with E-state index in [-0.39, 0.29) is 12.4 Å². The van der Waals surface area contributed by atoms with Crippen molar-refractivity contribution in [3.05, 3.63) is 40.2 Å². The van der Waals surface area contributed by atoms with Crippen LogP contribution in [-0.4, -0.2) is 13.9 Å². The number of ether oxygens (including phenoxy) is 2. The maximum Gasteiger partial charge on any atom is 0.354 e. The van der Waals surface area contributed by atoms with E-state index < -0.39 is 5.63 Å². The van der Waals surface area contributed by atoms with Gasteiger partial charge in [0.1, 0.15) is 23.0 Å². The van der Waals surface area contributed by atoms with Crippen LogP contribution in [0, 0.1) is 11.3 Å². The standard InChI is InChI=1S/C12H9NO4/c1-15-7-16-10-3-2-8-4-9(6-13)12(14)17-11(8)5-10/h2-5H,7H2,1H3. The molecule has 0 radical (unpaired) electrons. The summed E-state index contributed by atoms with van der Waals surface area (Å²) >= 11 is 0. The lowest BCUT2D eigenvalue weighted by Crippen LogP contribution is -2.03. The fourth-order valence-corrected chi connectivity index (χ4v) is 1.39. The van der Waals surface area contributed by atoms with Gasteiger partial charge in [0.05, 0.1) is 0 Å². The third-order valence-corrected chi connectivity index (χ3v) is 2.17. The predicted octanol–water partition coefficient (Wildman–Crippen LogP) is 1.65. The molecular formula is C12H9NO4. The van der Waals surface area contributed by atoms with Gasteiger partial charge in [-0.3, -0.25) is 0 Å². The molecule has 0 aliphatic carbocycles. The van der Waals surface area contributed by atoms with Gasteiger partial charge in [0.2, 0.25) is 0 Å². The first-order chi connectivity index (χ1) is 8.24. The molecular weight excluding hydrogens is 222 g/mol. The number of nitriles is 1. The maximum atomic E-state index is 11.3. The molecule has 0 spiro atoms. The number of hydrogen-bond acceptors (Lipinski definition) is 5. The van der Waals surface area contributed by atoms with Crippen LogP contribution in [0.2, 0.25) is 0 Å². The minimum absolute atomic E-state index is 0.0111. The molecule has 5 nitrogen and oxygen atoms in total. The first kappa shape index (κ1) is 11.2. The molecule has 2 rings (SSSR count). The summed E-state index contributed by atoms with van der Waals surface area (Å²) in [7, 11) is 1.51. The van der Waals surface area contributed by atoms with Gasteiger partial charge in [-0.05, 0) is 18.2 Å². The van der Waals surface area contributed by atoms with E-state index in [4.69, 9.17) is 19.2 Å². The van der Waals surface area contributed by atoms with Crippen LogP contribution in [0.25, 0.3) is 11.0 Å². The topological polar surface area (TPSA) is 72.5 Å². The molecule has 0 bridgehead atoms. The quantitative estimate of drug-likeness (QED) is 0.593. The van der Waals surface area contributed by atoms with Crippen molar-refractivity contribution in [3.8, 4) is 11.8 Å². The summed E-state index contributed by atoms with van der Waals surface area (Å²) in [5, 5.41) is 9.37. The molecule has 2 aromatic rings. The highest BCUT2D eigenvalue weighted by Gasteiger charge is 2.05. The molecule has 0 fully saturated rings. The molecule has 0 saturated heterocycles. The van der Waals surface area contributed by atoms with Gasteiger partial charge in [-0.15, -0.1) is 0 Å². The van der Waals surface area contributed by atoms with Crippen molar-refractivity contribution in [3.63, 3.8) is 0 Å². The molecule has 1 aromatic carbocycles. The first-order valence-corrected chi connectivity index (χ1v) is 4.84. The Morgan fingerprint density at radius 3 is 2.94 bits per heavy atom. The van der Waals surface area contributed by atoms with Gasteiger partial charge in [0, 0.05) is 18.6 Å². The van der Waals surface area contributed by atoms with E-state index in [2.05, 4.69) is 0 Å². The van der Waals surface area contributed by atoms with Crippen molar-refractivity contribution in [2.24, 2.45) is 0 Å². The molecule has 0 aliphatic heterocycles. The SMILES string of the molecule is COCOc1ccc2cc(C#N)c(=O)oc2c1. The minimum atomic E-state index is -0.649. The molecule has 0 atom stereocenters. The Kier molecular flexibility index (Phi) is 3.08. The molecule has 1 heterocycles. The predicted molar refractivity (Wildman–Crippen MR) is 59.7 cm³/mol. The van der Waals surface area contributed by atoms with Crippen molar-refractivity contribution >= 4 is 11.0 Å². The van der Waals surface area contributed by atoms with Gasteiger partial charge in [0.15, 0.2) is 6.79 Å². The molecule has 0 N–H and O–H groups in total. The van der Waals surface area contributed by atoms with Gasteiger partial charge >= 0.3 is 5.63 Å². The second-order valence-electron chi connectivity index (χ2n) is 3.31. The van der Waals surface area contributed by atoms with Gasteiger partial charge in [0.25, 0.3) is 0 Å². The lowest BCUT2D eigenvalue weighted by Gasteiger charge is -2.04. The number of rotatable bonds is 3. The van der Waals surface area contributed by atoms with E-state index in [1.807, 2.05) is 0 Å². The number of hydrogen-bond donors (Lipinski definition) is 0. The largest absolute Gasteiger partial charge is 0.467 e. The van der Waals surface area contributed by atoms with Crippen LogP contribution in [0.1, 0.15) is 5.56 Å². The van der Waals surface area contributed by atoms with E-state index in [0.717, 1.165) is 0 Å². The fraction of sp³-hybridized carbons (Fsp3) is 0.167. The summed E-state index contributed by atoms with van der Waals surface area (Å²) in [5.74, 6) is 0.534. The van der Waals surface area contributed by atoms with Crippen LogP contribution >= 0.6 is 0 Å². The van der Waals surface area contributed by atoms with Gasteiger partial charge in [-0.2, -0.15) is 5.26 Å². The summed E-state index contributed by atoms with van der Waals surface area (Å²) in [4.78, 5) is 11.3. The molecule has 86 valence electrons. The number of nitrogens with zero attached hydrogens (tertiary/aromatic N) is 1. The van der Waals surface area contributed by atoms with Crippen molar-refractivity contribution in [2.45, 2.75) is 0 Å². The van der Waals surface area contributed by atoms with Crippen LogP contribution in [0.3, 0.4) is 0 Å². The van der Waals surface area contributed by atoms with Gasteiger partial charge in [-0.1, -0.05) is 0 Å². The summed E-state index contributed by atoms with van der Waals surface area (Å²) in [6, 6.07) is 8.27. The molecule has 0 saturated carbocycles. The Balaban J connectivity index is 2.49. The average molecular weight is 231 g/mol. The van der Waals surface area contributed by atoms with Crippen LogP contribution < -0.4 is 10.4 Å². The Morgan fingerprint density at radius 2 is 2.24 bits per heavy atom. The Labute approximate surface area is 96.8 Å². The zero-order valence-electron chi connectivity index (χ0n) is 9.10. The van der Waals surface area contributed by atoms with Crippen molar-refractivity contribution < 1.29 is 13.9 Å². The van der Waals surface area contributed by atoms with Crippen LogP contribution in [0.5, 0.6) is 5.75 Å². The smallest absolute Gasteiger partial charge is 0.354 e. The number of methoxy groups -OCH3 is 1. The minimum Gasteiger partial charge on any atom is -0.467 e. The monoisotopic (exact) mass is 231 g/mol. The Hall–Kier alpha value is -2.32. The Bertz CT molecular complexity index is 639. The molecule has 1 aromatic heterocycles. The van der Waals surface area contributed by atoms with E-state index in [1.165, 1.54) is 13.2 Å². The summed E-state index contributed by atoms with van der Waals surface area (Å²) in [5.41, 5.74) is -0.283. The highest BCUT2D eigenvalue weighted by Crippen LogP contribution is 2.20. The molecule has 0 aliphatic rings. The number of fused-ring (bicyclic) bond motifs is 1. The van der Waals surface area contributed by atoms with Gasteiger partial charge < -0.3 is 13.9 Å². The van der Waals surface area contributed by atoms with Crippen LogP contribution in [0.15, 0.2) is 33.5 Å². The molecule has 17 heavy (non-hydrogen) atoms. The average Bonchev–Trinajstić information content (AvgIpc) is 2.35. The van der Waals surface area contributed by atoms with E-state index >= 15 is 0 Å². The lowest BCUT2D eigenvalue weighted by molar-refractivity contribution is 0.0512. The maximum absolute atomic E-state index is 11.3. The first-order valence-electron chi connectivity index (χ1n) is 4.84. The molecule has 0 amide bonds. The highest BCUT2D eigenvalue weighted by molar-refractivity contribution is 5.79. The second kappa shape index (κ2) is 4.68. The summed E-state index contributed by atoms with van der Waals surface area (Å²) in [6.45, 7) is 0.117. The van der Waals surface area contributed by atoms with E-state index in [1.54, 1.807) is 24.3 Å². The van der Waals surface area contributed by atoms with Crippen LogP contribution in [0.4, 0.5) is 0 Å². The van der Waals surface area contributed by atoms with Crippen LogP contribution in [-0.2, 0) is 4.74 Å². The Morgan fingerprint density at radius 1 is 1.41 bits per heavy atom. The zero-order valence-corrected chi connectivity index (χ0v) is 9.10. The van der Waals surface area contributed by atoms with Gasteiger partial charge in [-0.25, -0.2) is 4.79 Å². The summed E-state index contributed by atoms with van der Waals surface area (Å²) < 4.78 is 15.0. The summed E-state index contributed by atoms with van der Waals surface area (Å²) in [6.07, 6.45) is 0. The van der Waals surface area contributed by atoms with Crippen molar-refractivity contribution in [2.75, 3.05) is 13.9 Å². The molecule has 5 heteroatoms. The lowest BCUT2D eigenvalue weighted by atomic mass is 10.2. The third kappa shape index (κ3) is 2.27.